The molecule has 1 aliphatic rings. The lowest BCUT2D eigenvalue weighted by atomic mass is 10.0. The summed E-state index contributed by atoms with van der Waals surface area (Å²) in [4.78, 5) is 35.5. The van der Waals surface area contributed by atoms with E-state index in [9.17, 15) is 22.8 Å². The van der Waals surface area contributed by atoms with Gasteiger partial charge in [-0.15, -0.1) is 0 Å². The maximum atomic E-state index is 12.4. The van der Waals surface area contributed by atoms with Gasteiger partial charge in [0.15, 0.2) is 0 Å². The van der Waals surface area contributed by atoms with Gasteiger partial charge < -0.3 is 16.8 Å². The summed E-state index contributed by atoms with van der Waals surface area (Å²) in [5, 5.41) is 2.57. The second-order valence-electron chi connectivity index (χ2n) is 7.14. The quantitative estimate of drug-likeness (QED) is 0.434. The summed E-state index contributed by atoms with van der Waals surface area (Å²) in [7, 11) is -3.87. The van der Waals surface area contributed by atoms with Crippen LogP contribution >= 0.6 is 0 Å². The van der Waals surface area contributed by atoms with Gasteiger partial charge in [0.05, 0.1) is 6.04 Å². The Labute approximate surface area is 179 Å². The smallest absolute Gasteiger partial charge is 0.265 e. The van der Waals surface area contributed by atoms with Crippen LogP contribution < -0.4 is 21.5 Å². The van der Waals surface area contributed by atoms with Crippen LogP contribution in [0.25, 0.3) is 4.91 Å². The standard InChI is InChI=1S/C21H22N4O5S/c22-16(10-13-4-2-1-3-5-13)21(28)24-17(20(23)27)11-14-6-8-15(9-7-14)18-12-19(26)25-31(18,29)30/h1-9,12,16-17H,10-11,22H2,(H2,23,27)(H,24,28)(H,25,26)/t16-,17-/m0/s1. The lowest BCUT2D eigenvalue weighted by Crippen LogP contribution is -2.51. The van der Waals surface area contributed by atoms with Crippen molar-refractivity contribution < 1.29 is 22.8 Å². The number of nitrogens with one attached hydrogen (secondary N) is 2. The molecule has 0 bridgehead atoms. The third kappa shape index (κ3) is 5.56. The number of hydrogen-bond acceptors (Lipinski definition) is 6. The van der Waals surface area contributed by atoms with Crippen molar-refractivity contribution in [3.63, 3.8) is 0 Å². The summed E-state index contributed by atoms with van der Waals surface area (Å²) in [6, 6.07) is 13.6. The first kappa shape index (κ1) is 22.2. The molecule has 2 atom stereocenters. The van der Waals surface area contributed by atoms with E-state index in [4.69, 9.17) is 11.5 Å². The molecule has 2 aromatic rings. The van der Waals surface area contributed by atoms with Gasteiger partial charge in [0.2, 0.25) is 11.8 Å². The van der Waals surface area contributed by atoms with Crippen LogP contribution in [-0.2, 0) is 37.2 Å². The molecule has 3 amide bonds. The van der Waals surface area contributed by atoms with Crippen molar-refractivity contribution in [2.45, 2.75) is 24.9 Å². The first-order valence-electron chi connectivity index (χ1n) is 9.42. The van der Waals surface area contributed by atoms with Crippen LogP contribution in [0.5, 0.6) is 0 Å². The SMILES string of the molecule is NC(=O)[C@H](Cc1ccc(C2=CC(=O)NS2(=O)=O)cc1)NC(=O)[C@@H](N)Cc1ccccc1. The van der Waals surface area contributed by atoms with E-state index in [0.717, 1.165) is 11.6 Å². The lowest BCUT2D eigenvalue weighted by molar-refractivity contribution is -0.128. The second kappa shape index (κ2) is 9.11. The predicted molar refractivity (Wildman–Crippen MR) is 114 cm³/mol. The monoisotopic (exact) mass is 442 g/mol. The Hall–Kier alpha value is -3.50. The van der Waals surface area contributed by atoms with Crippen molar-refractivity contribution in [2.24, 2.45) is 11.5 Å². The molecule has 1 aliphatic heterocycles. The topological polar surface area (TPSA) is 161 Å². The summed E-state index contributed by atoms with van der Waals surface area (Å²) in [6.07, 6.45) is 1.41. The molecular weight excluding hydrogens is 420 g/mol. The van der Waals surface area contributed by atoms with Gasteiger partial charge in [-0.3, -0.25) is 14.4 Å². The van der Waals surface area contributed by atoms with Crippen molar-refractivity contribution in [3.05, 3.63) is 77.4 Å². The van der Waals surface area contributed by atoms with Crippen LogP contribution in [0.15, 0.2) is 60.7 Å². The molecule has 9 nitrogen and oxygen atoms in total. The number of nitrogens with two attached hydrogens (primary N) is 2. The van der Waals surface area contributed by atoms with Gasteiger partial charge in [0, 0.05) is 12.5 Å². The Balaban J connectivity index is 1.66. The minimum Gasteiger partial charge on any atom is -0.368 e. The third-order valence-electron chi connectivity index (χ3n) is 4.76. The van der Waals surface area contributed by atoms with E-state index in [1.807, 2.05) is 35.1 Å². The summed E-state index contributed by atoms with van der Waals surface area (Å²) in [5.41, 5.74) is 13.2. The normalized spacial score (nSPS) is 16.7. The van der Waals surface area contributed by atoms with E-state index in [2.05, 4.69) is 5.32 Å². The molecule has 31 heavy (non-hydrogen) atoms. The van der Waals surface area contributed by atoms with Gasteiger partial charge in [-0.2, -0.15) is 0 Å². The Morgan fingerprint density at radius 2 is 1.58 bits per heavy atom. The fraction of sp³-hybridized carbons (Fsp3) is 0.190. The molecule has 3 rings (SSSR count). The largest absolute Gasteiger partial charge is 0.368 e. The molecule has 0 radical (unpaired) electrons. The Morgan fingerprint density at radius 1 is 0.968 bits per heavy atom. The van der Waals surface area contributed by atoms with E-state index in [1.165, 1.54) is 12.1 Å². The zero-order valence-corrected chi connectivity index (χ0v) is 17.3. The Kier molecular flexibility index (Phi) is 6.52. The van der Waals surface area contributed by atoms with Gasteiger partial charge in [0.1, 0.15) is 10.9 Å². The van der Waals surface area contributed by atoms with Crippen LogP contribution in [0.3, 0.4) is 0 Å². The summed E-state index contributed by atoms with van der Waals surface area (Å²) < 4.78 is 25.7. The first-order valence-corrected chi connectivity index (χ1v) is 10.9. The molecule has 162 valence electrons. The molecule has 1 heterocycles. The highest BCUT2D eigenvalue weighted by atomic mass is 32.2. The summed E-state index contributed by atoms with van der Waals surface area (Å²) in [6.45, 7) is 0. The highest BCUT2D eigenvalue weighted by Crippen LogP contribution is 2.24. The second-order valence-corrected chi connectivity index (χ2v) is 8.79. The average Bonchev–Trinajstić information content (AvgIpc) is 3.00. The number of carbonyl (C=O) groups excluding carboxylic acids is 3. The zero-order valence-electron chi connectivity index (χ0n) is 16.4. The fourth-order valence-corrected chi connectivity index (χ4v) is 4.30. The van der Waals surface area contributed by atoms with Gasteiger partial charge in [-0.05, 0) is 23.1 Å². The average molecular weight is 442 g/mol. The minimum atomic E-state index is -3.87. The zero-order chi connectivity index (χ0) is 22.6. The van der Waals surface area contributed by atoms with E-state index in [1.54, 1.807) is 12.1 Å². The van der Waals surface area contributed by atoms with Gasteiger partial charge in [0.25, 0.3) is 15.9 Å². The van der Waals surface area contributed by atoms with E-state index in [-0.39, 0.29) is 11.3 Å². The van der Waals surface area contributed by atoms with E-state index in [0.29, 0.717) is 17.5 Å². The summed E-state index contributed by atoms with van der Waals surface area (Å²) >= 11 is 0. The highest BCUT2D eigenvalue weighted by Gasteiger charge is 2.29. The first-order chi connectivity index (χ1) is 14.7. The van der Waals surface area contributed by atoms with Crippen LogP contribution in [0.1, 0.15) is 16.7 Å². The Bertz CT molecular complexity index is 1130. The number of amides is 3. The van der Waals surface area contributed by atoms with Crippen molar-refractivity contribution >= 4 is 32.6 Å². The maximum Gasteiger partial charge on any atom is 0.265 e. The molecule has 6 N–H and O–H groups in total. The number of carbonyl (C=O) groups is 3. The summed E-state index contributed by atoms with van der Waals surface area (Å²) in [5.74, 6) is -1.93. The van der Waals surface area contributed by atoms with Crippen molar-refractivity contribution in [2.75, 3.05) is 0 Å². The molecule has 0 aromatic heterocycles. The van der Waals surface area contributed by atoms with Gasteiger partial charge >= 0.3 is 0 Å². The number of hydrogen-bond donors (Lipinski definition) is 4. The van der Waals surface area contributed by atoms with Crippen molar-refractivity contribution in [1.29, 1.82) is 0 Å². The van der Waals surface area contributed by atoms with Crippen LogP contribution in [0, 0.1) is 0 Å². The number of primary amides is 1. The maximum absolute atomic E-state index is 12.4. The van der Waals surface area contributed by atoms with Crippen molar-refractivity contribution in [3.8, 4) is 0 Å². The predicted octanol–water partition coefficient (Wildman–Crippen LogP) is -0.430. The van der Waals surface area contributed by atoms with Crippen molar-refractivity contribution in [1.82, 2.24) is 10.0 Å². The molecular formula is C21H22N4O5S. The molecule has 0 spiro atoms. The van der Waals surface area contributed by atoms with E-state index < -0.39 is 39.8 Å². The number of benzene rings is 2. The molecule has 0 saturated carbocycles. The molecule has 0 unspecified atom stereocenters. The molecule has 10 heteroatoms. The minimum absolute atomic E-state index is 0.0996. The van der Waals surface area contributed by atoms with E-state index >= 15 is 0 Å². The number of rotatable bonds is 8. The molecule has 0 fully saturated rings. The van der Waals surface area contributed by atoms with Crippen LogP contribution in [0.4, 0.5) is 0 Å². The van der Waals surface area contributed by atoms with Crippen LogP contribution in [-0.4, -0.2) is 38.2 Å². The number of sulfonamides is 1. The van der Waals surface area contributed by atoms with Crippen LogP contribution in [0.2, 0.25) is 0 Å². The highest BCUT2D eigenvalue weighted by molar-refractivity contribution is 7.99. The Morgan fingerprint density at radius 3 is 2.13 bits per heavy atom. The molecule has 0 aliphatic carbocycles. The van der Waals surface area contributed by atoms with Gasteiger partial charge in [-0.1, -0.05) is 54.6 Å². The fourth-order valence-electron chi connectivity index (χ4n) is 3.16. The lowest BCUT2D eigenvalue weighted by Gasteiger charge is -2.19. The third-order valence-corrected chi connectivity index (χ3v) is 6.16. The molecule has 2 aromatic carbocycles. The molecule has 0 saturated heterocycles. The van der Waals surface area contributed by atoms with Gasteiger partial charge in [-0.25, -0.2) is 13.1 Å².